The molecular weight excluding hydrogens is 532 g/mol. The van der Waals surface area contributed by atoms with Gasteiger partial charge in [0.15, 0.2) is 19.0 Å². The summed E-state index contributed by atoms with van der Waals surface area (Å²) in [5, 5.41) is 6.22. The van der Waals surface area contributed by atoms with Crippen LogP contribution in [0.4, 0.5) is 0 Å². The van der Waals surface area contributed by atoms with Crippen molar-refractivity contribution in [1.82, 2.24) is 10.6 Å². The number of esters is 2. The van der Waals surface area contributed by atoms with E-state index in [9.17, 15) is 19.2 Å². The summed E-state index contributed by atoms with van der Waals surface area (Å²) < 4.78 is 10.7. The first-order chi connectivity index (χ1) is 20.4. The fraction of sp³-hybridized carbons (Fsp3) is 0.529. The first-order valence-electron chi connectivity index (χ1n) is 15.5. The average molecular weight is 573 g/mol. The van der Waals surface area contributed by atoms with E-state index in [-0.39, 0.29) is 54.2 Å². The molecule has 2 aromatic rings. The fourth-order valence-electron chi connectivity index (χ4n) is 7.34. The van der Waals surface area contributed by atoms with Crippen LogP contribution in [0.2, 0.25) is 0 Å². The highest BCUT2D eigenvalue weighted by Crippen LogP contribution is 2.50. The summed E-state index contributed by atoms with van der Waals surface area (Å²) in [5.41, 5.74) is 5.68. The fourth-order valence-corrected chi connectivity index (χ4v) is 7.34. The molecule has 6 rings (SSSR count). The van der Waals surface area contributed by atoms with Crippen LogP contribution in [0.1, 0.15) is 89.6 Å². The van der Waals surface area contributed by atoms with Crippen LogP contribution in [0, 0.1) is 5.41 Å². The molecule has 8 heteroatoms. The molecule has 2 N–H and O–H groups in total. The summed E-state index contributed by atoms with van der Waals surface area (Å²) in [6, 6.07) is 10.7. The van der Waals surface area contributed by atoms with Crippen molar-refractivity contribution in [1.29, 1.82) is 0 Å². The van der Waals surface area contributed by atoms with Crippen molar-refractivity contribution >= 4 is 23.5 Å². The largest absolute Gasteiger partial charge is 0.456 e. The van der Waals surface area contributed by atoms with Crippen molar-refractivity contribution in [2.75, 3.05) is 26.3 Å². The van der Waals surface area contributed by atoms with Crippen LogP contribution in [0.15, 0.2) is 36.4 Å². The third kappa shape index (κ3) is 6.06. The van der Waals surface area contributed by atoms with Gasteiger partial charge in [-0.15, -0.1) is 0 Å². The van der Waals surface area contributed by atoms with Gasteiger partial charge in [0, 0.05) is 11.1 Å². The summed E-state index contributed by atoms with van der Waals surface area (Å²) in [4.78, 5) is 50.7. The summed E-state index contributed by atoms with van der Waals surface area (Å²) >= 11 is 0. The Hall–Kier alpha value is -3.36. The molecule has 42 heavy (non-hydrogen) atoms. The predicted molar refractivity (Wildman–Crippen MR) is 157 cm³/mol. The second-order valence-electron chi connectivity index (χ2n) is 12.5. The molecule has 2 heterocycles. The zero-order valence-electron chi connectivity index (χ0n) is 24.2. The summed E-state index contributed by atoms with van der Waals surface area (Å²) in [6.45, 7) is 1.08. The molecule has 4 aliphatic rings. The molecule has 8 nitrogen and oxygen atoms in total. The molecule has 0 amide bonds. The van der Waals surface area contributed by atoms with Crippen molar-refractivity contribution in [2.45, 2.75) is 82.7 Å². The van der Waals surface area contributed by atoms with Gasteiger partial charge in [0.05, 0.1) is 0 Å². The zero-order valence-corrected chi connectivity index (χ0v) is 24.2. The van der Waals surface area contributed by atoms with Gasteiger partial charge >= 0.3 is 11.9 Å². The van der Waals surface area contributed by atoms with Crippen LogP contribution in [-0.2, 0) is 31.9 Å². The van der Waals surface area contributed by atoms with E-state index in [1.54, 1.807) is 12.1 Å². The highest BCUT2D eigenvalue weighted by atomic mass is 16.5. The van der Waals surface area contributed by atoms with Crippen molar-refractivity contribution in [3.05, 3.63) is 58.7 Å². The predicted octanol–water partition coefficient (Wildman–Crippen LogP) is 4.36. The first-order valence-corrected chi connectivity index (χ1v) is 15.5. The van der Waals surface area contributed by atoms with Crippen molar-refractivity contribution < 1.29 is 28.7 Å². The van der Waals surface area contributed by atoms with Crippen LogP contribution in [-0.4, -0.2) is 61.9 Å². The molecule has 2 saturated heterocycles. The second-order valence-corrected chi connectivity index (χ2v) is 12.5. The summed E-state index contributed by atoms with van der Waals surface area (Å²) in [7, 11) is 0. The minimum atomic E-state index is -0.371. The Labute approximate surface area is 246 Å². The molecule has 3 fully saturated rings. The molecule has 0 radical (unpaired) electrons. The number of carbonyl (C=O) groups excluding carboxylic acids is 4. The Balaban J connectivity index is 1.19. The first kappa shape index (κ1) is 28.7. The summed E-state index contributed by atoms with van der Waals surface area (Å²) in [5.74, 6) is -1.11. The molecule has 0 bridgehead atoms. The van der Waals surface area contributed by atoms with E-state index in [0.717, 1.165) is 81.1 Å². The van der Waals surface area contributed by atoms with E-state index in [1.165, 1.54) is 24.8 Å². The molecule has 222 valence electrons. The molecule has 2 atom stereocenters. The maximum absolute atomic E-state index is 13.4. The van der Waals surface area contributed by atoms with E-state index in [0.29, 0.717) is 11.1 Å². The van der Waals surface area contributed by atoms with E-state index in [4.69, 9.17) is 9.47 Å². The number of nitrogens with one attached hydrogen (secondary N) is 2. The minimum absolute atomic E-state index is 0.152. The Morgan fingerprint density at radius 1 is 0.690 bits per heavy atom. The van der Waals surface area contributed by atoms with Crippen molar-refractivity contribution in [3.8, 4) is 11.1 Å². The lowest BCUT2D eigenvalue weighted by Gasteiger charge is -2.33. The normalized spacial score (nSPS) is 22.6. The van der Waals surface area contributed by atoms with Gasteiger partial charge in [-0.2, -0.15) is 0 Å². The maximum Gasteiger partial charge on any atom is 0.323 e. The number of Topliss-reactive ketones (excluding diaryl/α,β-unsaturated/α-hetero) is 2. The molecule has 2 aromatic carbocycles. The number of benzene rings is 2. The lowest BCUT2D eigenvalue weighted by atomic mass is 9.72. The Kier molecular flexibility index (Phi) is 8.54. The minimum Gasteiger partial charge on any atom is -0.456 e. The standard InChI is InChI=1S/C34H40N2O6/c37-30(20-41-32(39)28-6-4-16-35-28)23-10-8-22(9-11-23)24-12-13-25(31(38)21-42-33(40)29-7-5-17-36-29)27-19-34(18-26(24)27)14-2-1-3-15-34/h8-13,28-29,35-36H,1-7,14-21H2. The smallest absolute Gasteiger partial charge is 0.323 e. The van der Waals surface area contributed by atoms with E-state index >= 15 is 0 Å². The average Bonchev–Trinajstić information content (AvgIpc) is 3.80. The van der Waals surface area contributed by atoms with Gasteiger partial charge in [-0.05, 0) is 92.1 Å². The molecule has 2 unspecified atom stereocenters. The lowest BCUT2D eigenvalue weighted by molar-refractivity contribution is -0.145. The lowest BCUT2D eigenvalue weighted by Crippen LogP contribution is -2.33. The number of ketones is 2. The number of rotatable bonds is 9. The van der Waals surface area contributed by atoms with Gasteiger partial charge in [-0.25, -0.2) is 0 Å². The number of carbonyl (C=O) groups is 4. The van der Waals surface area contributed by atoms with Gasteiger partial charge in [0.2, 0.25) is 5.78 Å². The molecule has 2 aliphatic carbocycles. The van der Waals surface area contributed by atoms with E-state index in [2.05, 4.69) is 10.6 Å². The highest BCUT2D eigenvalue weighted by Gasteiger charge is 2.41. The quantitative estimate of drug-likeness (QED) is 0.337. The van der Waals surface area contributed by atoms with Gasteiger partial charge in [-0.1, -0.05) is 55.7 Å². The zero-order chi connectivity index (χ0) is 29.1. The number of fused-ring (bicyclic) bond motifs is 1. The van der Waals surface area contributed by atoms with Crippen molar-refractivity contribution in [2.24, 2.45) is 5.41 Å². The number of hydrogen-bond donors (Lipinski definition) is 2. The third-order valence-corrected chi connectivity index (χ3v) is 9.65. The highest BCUT2D eigenvalue weighted by molar-refractivity contribution is 6.01. The Morgan fingerprint density at radius 3 is 1.88 bits per heavy atom. The van der Waals surface area contributed by atoms with Gasteiger partial charge in [0.1, 0.15) is 12.1 Å². The van der Waals surface area contributed by atoms with Gasteiger partial charge in [0.25, 0.3) is 0 Å². The van der Waals surface area contributed by atoms with Crippen LogP contribution in [0.25, 0.3) is 11.1 Å². The number of ether oxygens (including phenoxy) is 2. The van der Waals surface area contributed by atoms with Crippen LogP contribution in [0.5, 0.6) is 0 Å². The SMILES string of the molecule is O=C(COC(=O)C1CCCN1)c1ccc(-c2ccc(C(=O)COC(=O)C3CCCN3)c3c2CC2(CCCCC2)C3)cc1. The van der Waals surface area contributed by atoms with Crippen LogP contribution >= 0.6 is 0 Å². The monoisotopic (exact) mass is 572 g/mol. The van der Waals surface area contributed by atoms with Gasteiger partial charge < -0.3 is 20.1 Å². The van der Waals surface area contributed by atoms with Crippen molar-refractivity contribution in [3.63, 3.8) is 0 Å². The second kappa shape index (κ2) is 12.5. The van der Waals surface area contributed by atoms with Gasteiger partial charge in [-0.3, -0.25) is 19.2 Å². The topological polar surface area (TPSA) is 111 Å². The molecule has 1 saturated carbocycles. The van der Waals surface area contributed by atoms with Crippen LogP contribution in [0.3, 0.4) is 0 Å². The molecule has 2 aliphatic heterocycles. The van der Waals surface area contributed by atoms with E-state index < -0.39 is 0 Å². The molecule has 0 aromatic heterocycles. The summed E-state index contributed by atoms with van der Waals surface area (Å²) in [6.07, 6.45) is 11.1. The Bertz CT molecular complexity index is 1350. The Morgan fingerprint density at radius 2 is 1.29 bits per heavy atom. The number of hydrogen-bond acceptors (Lipinski definition) is 8. The third-order valence-electron chi connectivity index (χ3n) is 9.65. The molecule has 1 spiro atoms. The molecular formula is C34H40N2O6. The van der Waals surface area contributed by atoms with E-state index in [1.807, 2.05) is 24.3 Å². The maximum atomic E-state index is 13.4. The van der Waals surface area contributed by atoms with Crippen LogP contribution < -0.4 is 10.6 Å².